The summed E-state index contributed by atoms with van der Waals surface area (Å²) in [6.45, 7) is 0.135. The SMILES string of the molecule is O=C(Cn1cc(Cl)cn1)c1ccccc1Cl. The van der Waals surface area contributed by atoms with Crippen molar-refractivity contribution in [2.75, 3.05) is 0 Å². The molecule has 1 aromatic carbocycles. The van der Waals surface area contributed by atoms with Gasteiger partial charge in [0.25, 0.3) is 0 Å². The maximum atomic E-state index is 11.9. The number of ketones is 1. The van der Waals surface area contributed by atoms with Crippen LogP contribution in [-0.4, -0.2) is 15.6 Å². The van der Waals surface area contributed by atoms with Gasteiger partial charge in [-0.3, -0.25) is 9.48 Å². The maximum Gasteiger partial charge on any atom is 0.185 e. The van der Waals surface area contributed by atoms with Crippen molar-refractivity contribution in [2.45, 2.75) is 6.54 Å². The Kier molecular flexibility index (Phi) is 3.27. The number of halogens is 2. The number of aromatic nitrogens is 2. The third kappa shape index (κ3) is 2.43. The highest BCUT2D eigenvalue weighted by atomic mass is 35.5. The second kappa shape index (κ2) is 4.68. The Labute approximate surface area is 103 Å². The number of hydrogen-bond donors (Lipinski definition) is 0. The highest BCUT2D eigenvalue weighted by molar-refractivity contribution is 6.34. The fourth-order valence-corrected chi connectivity index (χ4v) is 1.74. The zero-order valence-corrected chi connectivity index (χ0v) is 9.74. The van der Waals surface area contributed by atoms with Crippen LogP contribution in [-0.2, 0) is 6.54 Å². The van der Waals surface area contributed by atoms with Crippen LogP contribution in [0.1, 0.15) is 10.4 Å². The lowest BCUT2D eigenvalue weighted by Gasteiger charge is -2.03. The van der Waals surface area contributed by atoms with Crippen molar-refractivity contribution in [1.82, 2.24) is 9.78 Å². The zero-order valence-electron chi connectivity index (χ0n) is 8.23. The molecule has 1 aromatic heterocycles. The predicted molar refractivity (Wildman–Crippen MR) is 63.0 cm³/mol. The molecule has 0 unspecified atom stereocenters. The van der Waals surface area contributed by atoms with E-state index in [9.17, 15) is 4.79 Å². The van der Waals surface area contributed by atoms with E-state index in [1.807, 2.05) is 0 Å². The summed E-state index contributed by atoms with van der Waals surface area (Å²) in [6.07, 6.45) is 3.08. The molecule has 0 aliphatic heterocycles. The Morgan fingerprint density at radius 2 is 2.06 bits per heavy atom. The molecule has 0 radical (unpaired) electrons. The van der Waals surface area contributed by atoms with Gasteiger partial charge in [-0.15, -0.1) is 0 Å². The fourth-order valence-electron chi connectivity index (χ4n) is 1.34. The number of benzene rings is 1. The van der Waals surface area contributed by atoms with E-state index in [4.69, 9.17) is 23.2 Å². The van der Waals surface area contributed by atoms with Crippen LogP contribution in [0.25, 0.3) is 0 Å². The molecular weight excluding hydrogens is 247 g/mol. The summed E-state index contributed by atoms with van der Waals surface area (Å²) in [5, 5.41) is 4.89. The first-order valence-electron chi connectivity index (χ1n) is 4.62. The monoisotopic (exact) mass is 254 g/mol. The third-order valence-corrected chi connectivity index (χ3v) is 2.61. The van der Waals surface area contributed by atoms with Crippen LogP contribution < -0.4 is 0 Å². The average molecular weight is 255 g/mol. The molecule has 5 heteroatoms. The first-order chi connectivity index (χ1) is 7.66. The van der Waals surface area contributed by atoms with E-state index < -0.39 is 0 Å². The van der Waals surface area contributed by atoms with Crippen molar-refractivity contribution in [3.8, 4) is 0 Å². The summed E-state index contributed by atoms with van der Waals surface area (Å²) in [4.78, 5) is 11.9. The molecular formula is C11H8Cl2N2O. The van der Waals surface area contributed by atoms with Gasteiger partial charge in [-0.25, -0.2) is 0 Å². The summed E-state index contributed by atoms with van der Waals surface area (Å²) in [7, 11) is 0. The van der Waals surface area contributed by atoms with E-state index in [2.05, 4.69) is 5.10 Å². The minimum absolute atomic E-state index is 0.0923. The van der Waals surface area contributed by atoms with Crippen LogP contribution in [0, 0.1) is 0 Å². The van der Waals surface area contributed by atoms with Gasteiger partial charge in [0.1, 0.15) is 6.54 Å². The molecule has 0 saturated carbocycles. The van der Waals surface area contributed by atoms with Gasteiger partial charge >= 0.3 is 0 Å². The number of hydrogen-bond acceptors (Lipinski definition) is 2. The first-order valence-corrected chi connectivity index (χ1v) is 5.38. The van der Waals surface area contributed by atoms with Gasteiger partial charge in [0, 0.05) is 11.8 Å². The van der Waals surface area contributed by atoms with Gasteiger partial charge in [0.05, 0.1) is 16.2 Å². The molecule has 1 heterocycles. The third-order valence-electron chi connectivity index (χ3n) is 2.08. The number of Topliss-reactive ketones (excluding diaryl/α,β-unsaturated/α-hetero) is 1. The molecule has 82 valence electrons. The summed E-state index contributed by atoms with van der Waals surface area (Å²) >= 11 is 11.6. The van der Waals surface area contributed by atoms with Crippen LogP contribution in [0.15, 0.2) is 36.7 Å². The van der Waals surface area contributed by atoms with E-state index in [0.717, 1.165) is 0 Å². The summed E-state index contributed by atoms with van der Waals surface area (Å²) in [6, 6.07) is 6.93. The van der Waals surface area contributed by atoms with Gasteiger partial charge in [-0.1, -0.05) is 35.3 Å². The molecule has 0 N–H and O–H groups in total. The quantitative estimate of drug-likeness (QED) is 0.790. The standard InChI is InChI=1S/C11H8Cl2N2O/c12-8-5-14-15(6-8)7-11(16)9-3-1-2-4-10(9)13/h1-6H,7H2. The Morgan fingerprint density at radius 3 is 2.69 bits per heavy atom. The first kappa shape index (κ1) is 11.2. The average Bonchev–Trinajstić information content (AvgIpc) is 2.64. The smallest absolute Gasteiger partial charge is 0.185 e. The molecule has 2 aromatic rings. The van der Waals surface area contributed by atoms with Crippen LogP contribution >= 0.6 is 23.2 Å². The lowest BCUT2D eigenvalue weighted by atomic mass is 10.1. The highest BCUT2D eigenvalue weighted by Crippen LogP contribution is 2.16. The number of carbonyl (C=O) groups is 1. The van der Waals surface area contributed by atoms with Crippen LogP contribution in [0.3, 0.4) is 0 Å². The second-order valence-corrected chi connectivity index (χ2v) is 4.10. The summed E-state index contributed by atoms with van der Waals surface area (Å²) in [5.41, 5.74) is 0.496. The predicted octanol–water partition coefficient (Wildman–Crippen LogP) is 3.07. The summed E-state index contributed by atoms with van der Waals surface area (Å²) < 4.78 is 1.48. The van der Waals surface area contributed by atoms with Crippen molar-refractivity contribution in [3.05, 3.63) is 52.3 Å². The Hall–Kier alpha value is -1.32. The van der Waals surface area contributed by atoms with Crippen molar-refractivity contribution < 1.29 is 4.79 Å². The Balaban J connectivity index is 2.18. The molecule has 0 bridgehead atoms. The van der Waals surface area contributed by atoms with Gasteiger partial charge in [-0.2, -0.15) is 5.10 Å². The molecule has 16 heavy (non-hydrogen) atoms. The fraction of sp³-hybridized carbons (Fsp3) is 0.0909. The minimum Gasteiger partial charge on any atom is -0.292 e. The van der Waals surface area contributed by atoms with E-state index in [-0.39, 0.29) is 12.3 Å². The van der Waals surface area contributed by atoms with E-state index in [0.29, 0.717) is 15.6 Å². The van der Waals surface area contributed by atoms with Crippen molar-refractivity contribution >= 4 is 29.0 Å². The molecule has 2 rings (SSSR count). The van der Waals surface area contributed by atoms with E-state index in [1.165, 1.54) is 10.9 Å². The molecule has 0 atom stereocenters. The van der Waals surface area contributed by atoms with Gasteiger partial charge in [0.15, 0.2) is 5.78 Å². The molecule has 0 aliphatic carbocycles. The second-order valence-electron chi connectivity index (χ2n) is 3.26. The van der Waals surface area contributed by atoms with Crippen LogP contribution in [0.2, 0.25) is 10.0 Å². The lowest BCUT2D eigenvalue weighted by Crippen LogP contribution is -2.11. The molecule has 0 fully saturated rings. The number of carbonyl (C=O) groups excluding carboxylic acids is 1. The highest BCUT2D eigenvalue weighted by Gasteiger charge is 2.10. The van der Waals surface area contributed by atoms with Crippen LogP contribution in [0.5, 0.6) is 0 Å². The van der Waals surface area contributed by atoms with E-state index in [1.54, 1.807) is 30.5 Å². The van der Waals surface area contributed by atoms with Gasteiger partial charge < -0.3 is 0 Å². The molecule has 0 saturated heterocycles. The largest absolute Gasteiger partial charge is 0.292 e. The van der Waals surface area contributed by atoms with Crippen molar-refractivity contribution in [3.63, 3.8) is 0 Å². The molecule has 3 nitrogen and oxygen atoms in total. The zero-order chi connectivity index (χ0) is 11.5. The van der Waals surface area contributed by atoms with Gasteiger partial charge in [-0.05, 0) is 12.1 Å². The summed E-state index contributed by atoms with van der Waals surface area (Å²) in [5.74, 6) is -0.0923. The Bertz CT molecular complexity index is 522. The molecule has 0 amide bonds. The minimum atomic E-state index is -0.0923. The normalized spacial score (nSPS) is 10.4. The maximum absolute atomic E-state index is 11.9. The van der Waals surface area contributed by atoms with Crippen LogP contribution in [0.4, 0.5) is 0 Å². The lowest BCUT2D eigenvalue weighted by molar-refractivity contribution is 0.0968. The number of rotatable bonds is 3. The van der Waals surface area contributed by atoms with Gasteiger partial charge in [0.2, 0.25) is 0 Å². The topological polar surface area (TPSA) is 34.9 Å². The molecule has 0 spiro atoms. The number of nitrogens with zero attached hydrogens (tertiary/aromatic N) is 2. The van der Waals surface area contributed by atoms with Crippen molar-refractivity contribution in [2.24, 2.45) is 0 Å². The Morgan fingerprint density at radius 1 is 1.31 bits per heavy atom. The molecule has 0 aliphatic rings. The van der Waals surface area contributed by atoms with Crippen molar-refractivity contribution in [1.29, 1.82) is 0 Å². The van der Waals surface area contributed by atoms with E-state index >= 15 is 0 Å².